The van der Waals surface area contributed by atoms with Crippen molar-refractivity contribution >= 4 is 44.8 Å². The molecule has 5 aromatic carbocycles. The minimum absolute atomic E-state index is 0.0719. The van der Waals surface area contributed by atoms with Crippen LogP contribution in [0.5, 0.6) is 0 Å². The smallest absolute Gasteiger partial charge is 0.151 e. The Kier molecular flexibility index (Phi) is 7.60. The molecule has 0 unspecified atom stereocenters. The lowest BCUT2D eigenvalue weighted by Crippen LogP contribution is -2.31. The second-order valence-electron chi connectivity index (χ2n) is 15.7. The molecule has 4 atom stereocenters. The highest BCUT2D eigenvalue weighted by Crippen LogP contribution is 2.49. The van der Waals surface area contributed by atoms with Crippen molar-refractivity contribution in [2.24, 2.45) is 0 Å². The number of nitrogens with one attached hydrogen (secondary N) is 4. The van der Waals surface area contributed by atoms with E-state index in [-0.39, 0.29) is 29.9 Å². The lowest BCUT2D eigenvalue weighted by molar-refractivity contribution is 0.529. The van der Waals surface area contributed by atoms with Gasteiger partial charge in [-0.3, -0.25) is 0 Å². The SMILES string of the molecule is Fc1cc(N2[C@@H](c3ccc4nc([C@@H]5Cc6ccccc6N5)[nH]c4c3)CC[C@@H]2c2ccc3nc([C@@H]4Cc5ccccc5N4)[nH]c3c2)cc(F)c1N1CCCCC1. The molecule has 0 radical (unpaired) electrons. The lowest BCUT2D eigenvalue weighted by Gasteiger charge is -2.35. The Morgan fingerprint density at radius 2 is 1.09 bits per heavy atom. The number of piperidine rings is 1. The Morgan fingerprint density at radius 1 is 0.582 bits per heavy atom. The summed E-state index contributed by atoms with van der Waals surface area (Å²) in [5.41, 5.74) is 11.4. The van der Waals surface area contributed by atoms with Crippen molar-refractivity contribution in [1.29, 1.82) is 0 Å². The van der Waals surface area contributed by atoms with Crippen molar-refractivity contribution in [2.75, 3.05) is 33.5 Å². The number of rotatable bonds is 6. The van der Waals surface area contributed by atoms with Crippen LogP contribution in [-0.4, -0.2) is 33.0 Å². The van der Waals surface area contributed by atoms with Crippen LogP contribution in [0, 0.1) is 11.6 Å². The topological polar surface area (TPSA) is 87.9 Å². The molecule has 0 amide bonds. The monoisotopic (exact) mass is 732 g/mol. The molecule has 4 aliphatic heterocycles. The maximum Gasteiger partial charge on any atom is 0.151 e. The van der Waals surface area contributed by atoms with Gasteiger partial charge in [-0.1, -0.05) is 48.5 Å². The highest BCUT2D eigenvalue weighted by Gasteiger charge is 2.37. The van der Waals surface area contributed by atoms with Crippen LogP contribution >= 0.6 is 0 Å². The van der Waals surface area contributed by atoms with E-state index in [1.54, 1.807) is 12.1 Å². The number of para-hydroxylation sites is 2. The number of hydrogen-bond donors (Lipinski definition) is 4. The number of anilines is 4. The summed E-state index contributed by atoms with van der Waals surface area (Å²) in [5.74, 6) is 0.814. The van der Waals surface area contributed by atoms with Gasteiger partial charge in [0.25, 0.3) is 0 Å². The molecule has 8 nitrogen and oxygen atoms in total. The van der Waals surface area contributed by atoms with Gasteiger partial charge in [0.05, 0.1) is 46.2 Å². The zero-order valence-corrected chi connectivity index (χ0v) is 30.5. The number of imidazole rings is 2. The molecule has 0 bridgehead atoms. The van der Waals surface area contributed by atoms with Crippen LogP contribution in [0.15, 0.2) is 97.1 Å². The summed E-state index contributed by atoms with van der Waals surface area (Å²) in [6.07, 6.45) is 6.38. The Hall–Kier alpha value is -5.90. The highest BCUT2D eigenvalue weighted by atomic mass is 19.1. The maximum atomic E-state index is 16.2. The summed E-state index contributed by atoms with van der Waals surface area (Å²) in [6, 6.07) is 32.6. The third-order valence-electron chi connectivity index (χ3n) is 12.4. The third-order valence-corrected chi connectivity index (χ3v) is 12.4. The van der Waals surface area contributed by atoms with E-state index in [0.717, 1.165) is 101 Å². The van der Waals surface area contributed by atoms with Crippen LogP contribution in [0.2, 0.25) is 0 Å². The predicted molar refractivity (Wildman–Crippen MR) is 215 cm³/mol. The molecule has 2 saturated heterocycles. The molecule has 0 saturated carbocycles. The zero-order valence-electron chi connectivity index (χ0n) is 30.5. The van der Waals surface area contributed by atoms with Crippen molar-refractivity contribution in [3.8, 4) is 0 Å². The van der Waals surface area contributed by atoms with E-state index in [1.807, 2.05) is 4.90 Å². The molecule has 6 heterocycles. The molecule has 55 heavy (non-hydrogen) atoms. The second kappa shape index (κ2) is 12.9. The first-order chi connectivity index (χ1) is 27.0. The van der Waals surface area contributed by atoms with Crippen LogP contribution in [0.3, 0.4) is 0 Å². The first kappa shape index (κ1) is 32.5. The highest BCUT2D eigenvalue weighted by molar-refractivity contribution is 5.78. The fourth-order valence-electron chi connectivity index (χ4n) is 9.71. The van der Waals surface area contributed by atoms with Gasteiger partial charge in [-0.2, -0.15) is 0 Å². The maximum absolute atomic E-state index is 16.2. The first-order valence-electron chi connectivity index (χ1n) is 19.7. The van der Waals surface area contributed by atoms with Crippen LogP contribution in [0.4, 0.5) is 31.5 Å². The Balaban J connectivity index is 0.948. The van der Waals surface area contributed by atoms with Gasteiger partial charge in [0, 0.05) is 43.0 Å². The quantitative estimate of drug-likeness (QED) is 0.136. The molecule has 2 fully saturated rings. The number of nitrogens with zero attached hydrogens (tertiary/aromatic N) is 4. The summed E-state index contributed by atoms with van der Waals surface area (Å²) >= 11 is 0. The number of aromatic nitrogens is 4. The lowest BCUT2D eigenvalue weighted by atomic mass is 10.0. The largest absolute Gasteiger partial charge is 0.375 e. The minimum Gasteiger partial charge on any atom is -0.375 e. The number of halogens is 2. The third kappa shape index (κ3) is 5.60. The van der Waals surface area contributed by atoms with Gasteiger partial charge in [-0.25, -0.2) is 18.7 Å². The number of H-pyrrole nitrogens is 2. The van der Waals surface area contributed by atoms with Gasteiger partial charge in [0.2, 0.25) is 0 Å². The fourth-order valence-corrected chi connectivity index (χ4v) is 9.71. The minimum atomic E-state index is -0.501. The molecule has 7 aromatic rings. The zero-order chi connectivity index (χ0) is 36.6. The van der Waals surface area contributed by atoms with E-state index in [9.17, 15) is 0 Å². The van der Waals surface area contributed by atoms with E-state index < -0.39 is 11.6 Å². The molecule has 10 heteroatoms. The summed E-state index contributed by atoms with van der Waals surface area (Å²) in [4.78, 5) is 21.3. The van der Waals surface area contributed by atoms with Crippen LogP contribution in [0.25, 0.3) is 22.1 Å². The molecule has 4 N–H and O–H groups in total. The van der Waals surface area contributed by atoms with E-state index in [4.69, 9.17) is 9.97 Å². The number of fused-ring (bicyclic) bond motifs is 4. The fraction of sp³-hybridized carbons (Fsp3) is 0.289. The van der Waals surface area contributed by atoms with E-state index >= 15 is 8.78 Å². The van der Waals surface area contributed by atoms with Crippen molar-refractivity contribution in [2.45, 2.75) is 69.1 Å². The first-order valence-corrected chi connectivity index (χ1v) is 19.7. The summed E-state index contributed by atoms with van der Waals surface area (Å²) in [7, 11) is 0. The van der Waals surface area contributed by atoms with Gasteiger partial charge < -0.3 is 30.4 Å². The van der Waals surface area contributed by atoms with Crippen LogP contribution in [0.1, 0.15) is 90.2 Å². The van der Waals surface area contributed by atoms with Crippen molar-refractivity contribution in [3.63, 3.8) is 0 Å². The standard InChI is InChI=1S/C45H42F2N8/c46-31-24-30(25-32(47)43(31)54-18-6-1-7-19-54)55-41(28-12-14-35-37(22-28)52-44(50-35)39-20-26-8-2-4-10-33(26)48-39)16-17-42(55)29-13-15-36-38(23-29)53-45(51-36)40-21-27-9-3-5-11-34(27)49-40/h2-5,8-15,22-25,39-42,48-49H,1,6-7,16-21H2,(H,50,52)(H,51,53)/t39-,40-,41+,42+/m0/s1. The van der Waals surface area contributed by atoms with Crippen molar-refractivity contribution in [3.05, 3.63) is 143 Å². The predicted octanol–water partition coefficient (Wildman–Crippen LogP) is 10.2. The van der Waals surface area contributed by atoms with E-state index in [2.05, 4.69) is 110 Å². The van der Waals surface area contributed by atoms with Crippen molar-refractivity contribution in [1.82, 2.24) is 19.9 Å². The van der Waals surface area contributed by atoms with Gasteiger partial charge in [-0.05, 0) is 103 Å². The summed E-state index contributed by atoms with van der Waals surface area (Å²) < 4.78 is 32.4. The van der Waals surface area contributed by atoms with Gasteiger partial charge in [-0.15, -0.1) is 0 Å². The van der Waals surface area contributed by atoms with Crippen molar-refractivity contribution < 1.29 is 8.78 Å². The molecule has 0 aliphatic carbocycles. The average molecular weight is 733 g/mol. The van der Waals surface area contributed by atoms with E-state index in [1.165, 1.54) is 11.1 Å². The summed E-state index contributed by atoms with van der Waals surface area (Å²) in [6.45, 7) is 1.34. The molecule has 4 aliphatic rings. The molecular weight excluding hydrogens is 691 g/mol. The Labute approximate surface area is 318 Å². The van der Waals surface area contributed by atoms with Gasteiger partial charge in [0.1, 0.15) is 17.3 Å². The number of hydrogen-bond acceptors (Lipinski definition) is 6. The number of aromatic amines is 2. The molecule has 2 aromatic heterocycles. The molecule has 276 valence electrons. The van der Waals surface area contributed by atoms with Crippen LogP contribution < -0.4 is 20.4 Å². The second-order valence-corrected chi connectivity index (χ2v) is 15.7. The Morgan fingerprint density at radius 3 is 1.60 bits per heavy atom. The van der Waals surface area contributed by atoms with Gasteiger partial charge >= 0.3 is 0 Å². The summed E-state index contributed by atoms with van der Waals surface area (Å²) in [5, 5.41) is 7.24. The van der Waals surface area contributed by atoms with Gasteiger partial charge in [0.15, 0.2) is 11.6 Å². The van der Waals surface area contributed by atoms with Crippen LogP contribution in [-0.2, 0) is 12.8 Å². The Bertz CT molecular complexity index is 2370. The van der Waals surface area contributed by atoms with E-state index in [0.29, 0.717) is 18.8 Å². The molecule has 11 rings (SSSR count). The number of benzene rings is 5. The molecular formula is C45H42F2N8. The normalized spacial score (nSPS) is 21.9. The average Bonchev–Trinajstić information content (AvgIpc) is 4.05. The molecule has 0 spiro atoms.